The number of hydrogen-bond acceptors (Lipinski definition) is 2. The van der Waals surface area contributed by atoms with E-state index in [1.54, 1.807) is 7.11 Å². The Morgan fingerprint density at radius 2 is 1.86 bits per heavy atom. The summed E-state index contributed by atoms with van der Waals surface area (Å²) in [4.78, 5) is 0. The third kappa shape index (κ3) is 9.59. The lowest BCUT2D eigenvalue weighted by Gasteiger charge is -2.12. The zero-order valence-corrected chi connectivity index (χ0v) is 9.94. The van der Waals surface area contributed by atoms with Gasteiger partial charge < -0.3 is 10.1 Å². The maximum Gasteiger partial charge on any atom is 0.0462 e. The van der Waals surface area contributed by atoms with Crippen LogP contribution in [0.2, 0.25) is 0 Å². The van der Waals surface area contributed by atoms with Gasteiger partial charge in [0.05, 0.1) is 0 Å². The molecule has 0 unspecified atom stereocenters. The van der Waals surface area contributed by atoms with Crippen LogP contribution in [0.5, 0.6) is 0 Å². The van der Waals surface area contributed by atoms with Crippen LogP contribution in [0.25, 0.3) is 0 Å². The average Bonchev–Trinajstić information content (AvgIpc) is 2.10. The van der Waals surface area contributed by atoms with Crippen LogP contribution in [-0.2, 0) is 4.74 Å². The molecule has 0 aliphatic heterocycles. The molecule has 0 spiro atoms. The largest absolute Gasteiger partial charge is 0.387 e. The Morgan fingerprint density at radius 1 is 1.21 bits per heavy atom. The molecule has 0 aliphatic carbocycles. The van der Waals surface area contributed by atoms with Gasteiger partial charge in [0.2, 0.25) is 0 Å². The molecule has 2 nitrogen and oxygen atoms in total. The number of methoxy groups -OCH3 is 1. The van der Waals surface area contributed by atoms with Gasteiger partial charge >= 0.3 is 0 Å². The lowest BCUT2D eigenvalue weighted by atomic mass is 10.1. The number of allylic oxidation sites excluding steroid dienone is 1. The Morgan fingerprint density at radius 3 is 2.43 bits per heavy atom. The zero-order chi connectivity index (χ0) is 10.8. The summed E-state index contributed by atoms with van der Waals surface area (Å²) in [6, 6.07) is 0.510. The first-order chi connectivity index (χ1) is 6.66. The molecule has 0 atom stereocenters. The van der Waals surface area contributed by atoms with E-state index in [0.29, 0.717) is 6.04 Å². The summed E-state index contributed by atoms with van der Waals surface area (Å²) in [5.41, 5.74) is 1.17. The van der Waals surface area contributed by atoms with Crippen LogP contribution in [0.4, 0.5) is 0 Å². The summed E-state index contributed by atoms with van der Waals surface area (Å²) >= 11 is 0. The van der Waals surface area contributed by atoms with Gasteiger partial charge in [0.25, 0.3) is 0 Å². The van der Waals surface area contributed by atoms with E-state index in [-0.39, 0.29) is 0 Å². The van der Waals surface area contributed by atoms with Crippen molar-refractivity contribution in [2.45, 2.75) is 52.0 Å². The van der Waals surface area contributed by atoms with Crippen molar-refractivity contribution in [3.8, 4) is 0 Å². The fourth-order valence-corrected chi connectivity index (χ4v) is 1.42. The van der Waals surface area contributed by atoms with Crippen molar-refractivity contribution in [3.05, 3.63) is 12.3 Å². The van der Waals surface area contributed by atoms with Crippen molar-refractivity contribution in [3.63, 3.8) is 0 Å². The average molecular weight is 199 g/mol. The Balaban J connectivity index is 3.15. The van der Waals surface area contributed by atoms with Gasteiger partial charge in [-0.2, -0.15) is 0 Å². The van der Waals surface area contributed by atoms with Gasteiger partial charge in [0, 0.05) is 25.5 Å². The molecule has 2 heteroatoms. The van der Waals surface area contributed by atoms with E-state index in [2.05, 4.69) is 25.7 Å². The summed E-state index contributed by atoms with van der Waals surface area (Å²) in [5, 5.41) is 3.33. The normalized spacial score (nSPS) is 10.6. The summed E-state index contributed by atoms with van der Waals surface area (Å²) < 4.78 is 4.99. The Kier molecular flexibility index (Phi) is 8.75. The minimum absolute atomic E-state index is 0.510. The van der Waals surface area contributed by atoms with Crippen molar-refractivity contribution in [2.75, 3.05) is 13.7 Å². The van der Waals surface area contributed by atoms with E-state index in [0.717, 1.165) is 13.0 Å². The maximum atomic E-state index is 4.99. The second-order valence-electron chi connectivity index (χ2n) is 4.06. The molecule has 0 radical (unpaired) electrons. The third-order valence-corrected chi connectivity index (χ3v) is 2.07. The molecule has 0 saturated heterocycles. The van der Waals surface area contributed by atoms with Gasteiger partial charge in [-0.1, -0.05) is 19.4 Å². The van der Waals surface area contributed by atoms with Crippen LogP contribution in [0.1, 0.15) is 46.0 Å². The van der Waals surface area contributed by atoms with Crippen LogP contribution in [0.15, 0.2) is 12.3 Å². The van der Waals surface area contributed by atoms with Crippen LogP contribution in [0, 0.1) is 0 Å². The second-order valence-corrected chi connectivity index (χ2v) is 4.06. The zero-order valence-electron chi connectivity index (χ0n) is 9.94. The number of unbranched alkanes of at least 4 members (excludes halogenated alkanes) is 3. The fourth-order valence-electron chi connectivity index (χ4n) is 1.42. The fraction of sp³-hybridized carbons (Fsp3) is 0.833. The smallest absolute Gasteiger partial charge is 0.0462 e. The SMILES string of the molecule is C=C(CCCCCCOC)NC(C)C. The molecule has 0 aromatic heterocycles. The van der Waals surface area contributed by atoms with Crippen LogP contribution in [0.3, 0.4) is 0 Å². The van der Waals surface area contributed by atoms with E-state index in [1.165, 1.54) is 31.4 Å². The van der Waals surface area contributed by atoms with Crippen LogP contribution >= 0.6 is 0 Å². The van der Waals surface area contributed by atoms with Gasteiger partial charge in [-0.05, 0) is 33.1 Å². The molecule has 0 heterocycles. The first kappa shape index (κ1) is 13.5. The van der Waals surface area contributed by atoms with Crippen molar-refractivity contribution < 1.29 is 4.74 Å². The summed E-state index contributed by atoms with van der Waals surface area (Å²) in [5.74, 6) is 0. The van der Waals surface area contributed by atoms with Gasteiger partial charge in [-0.3, -0.25) is 0 Å². The monoisotopic (exact) mass is 199 g/mol. The van der Waals surface area contributed by atoms with Gasteiger partial charge in [0.15, 0.2) is 0 Å². The van der Waals surface area contributed by atoms with Crippen LogP contribution < -0.4 is 5.32 Å². The first-order valence-corrected chi connectivity index (χ1v) is 5.60. The molecule has 0 aromatic rings. The molecule has 0 saturated carbocycles. The highest BCUT2D eigenvalue weighted by molar-refractivity contribution is 4.91. The molecule has 0 amide bonds. The van der Waals surface area contributed by atoms with Crippen molar-refractivity contribution in [1.82, 2.24) is 5.32 Å². The summed E-state index contributed by atoms with van der Waals surface area (Å²) in [6.07, 6.45) is 6.07. The number of ether oxygens (including phenoxy) is 1. The first-order valence-electron chi connectivity index (χ1n) is 5.60. The van der Waals surface area contributed by atoms with Crippen molar-refractivity contribution in [1.29, 1.82) is 0 Å². The molecule has 14 heavy (non-hydrogen) atoms. The van der Waals surface area contributed by atoms with E-state index < -0.39 is 0 Å². The quantitative estimate of drug-likeness (QED) is 0.576. The predicted octanol–water partition coefficient (Wildman–Crippen LogP) is 3.10. The van der Waals surface area contributed by atoms with Gasteiger partial charge in [0.1, 0.15) is 0 Å². The van der Waals surface area contributed by atoms with Gasteiger partial charge in [-0.25, -0.2) is 0 Å². The van der Waals surface area contributed by atoms with Crippen LogP contribution in [-0.4, -0.2) is 19.8 Å². The number of nitrogens with one attached hydrogen (secondary N) is 1. The molecular weight excluding hydrogens is 174 g/mol. The van der Waals surface area contributed by atoms with E-state index in [9.17, 15) is 0 Å². The highest BCUT2D eigenvalue weighted by Gasteiger charge is 1.96. The number of rotatable bonds is 9. The van der Waals surface area contributed by atoms with E-state index in [4.69, 9.17) is 4.74 Å². The predicted molar refractivity (Wildman–Crippen MR) is 62.4 cm³/mol. The minimum atomic E-state index is 0.510. The molecule has 0 rings (SSSR count). The lowest BCUT2D eigenvalue weighted by Crippen LogP contribution is -2.21. The third-order valence-electron chi connectivity index (χ3n) is 2.07. The number of hydrogen-bond donors (Lipinski definition) is 1. The minimum Gasteiger partial charge on any atom is -0.387 e. The van der Waals surface area contributed by atoms with Crippen molar-refractivity contribution in [2.24, 2.45) is 0 Å². The molecule has 1 N–H and O–H groups in total. The Bertz CT molecular complexity index is 143. The van der Waals surface area contributed by atoms with E-state index >= 15 is 0 Å². The molecule has 0 bridgehead atoms. The highest BCUT2D eigenvalue weighted by Crippen LogP contribution is 2.07. The maximum absolute atomic E-state index is 4.99. The standard InChI is InChI=1S/C12H25NO/c1-11(2)13-12(3)9-7-5-6-8-10-14-4/h11,13H,3,5-10H2,1-2,4H3. The summed E-state index contributed by atoms with van der Waals surface area (Å²) in [7, 11) is 1.76. The van der Waals surface area contributed by atoms with Crippen molar-refractivity contribution >= 4 is 0 Å². The summed E-state index contributed by atoms with van der Waals surface area (Å²) in [6.45, 7) is 9.17. The molecule has 0 aromatic carbocycles. The molecular formula is C12H25NO. The Labute approximate surface area is 88.7 Å². The second kappa shape index (κ2) is 9.07. The topological polar surface area (TPSA) is 21.3 Å². The molecule has 0 fully saturated rings. The van der Waals surface area contributed by atoms with Gasteiger partial charge in [-0.15, -0.1) is 0 Å². The lowest BCUT2D eigenvalue weighted by molar-refractivity contribution is 0.192. The Hall–Kier alpha value is -0.500. The molecule has 84 valence electrons. The van der Waals surface area contributed by atoms with E-state index in [1.807, 2.05) is 0 Å². The highest BCUT2D eigenvalue weighted by atomic mass is 16.5. The molecule has 0 aliphatic rings.